The zero-order valence-electron chi connectivity index (χ0n) is 10.6. The molecule has 96 valence electrons. The van der Waals surface area contributed by atoms with Crippen molar-refractivity contribution >= 4 is 11.5 Å². The Bertz CT molecular complexity index is 650. The third-order valence-corrected chi connectivity index (χ3v) is 2.51. The predicted molar refractivity (Wildman–Crippen MR) is 69.9 cm³/mol. The standard InChI is InChI=1S/C14H12FN3O/c1-9-5-10(8-16)6-14(17-9)18-11-3-4-13(19-2)12(15)7-11/h3-7H,1-2H3,(H,17,18). The van der Waals surface area contributed by atoms with E-state index in [2.05, 4.69) is 10.3 Å². The van der Waals surface area contributed by atoms with Gasteiger partial charge in [-0.25, -0.2) is 9.37 Å². The van der Waals surface area contributed by atoms with Crippen LogP contribution in [0.1, 0.15) is 11.3 Å². The molecule has 0 saturated carbocycles. The fraction of sp³-hybridized carbons (Fsp3) is 0.143. The molecule has 0 fully saturated rings. The molecule has 0 saturated heterocycles. The van der Waals surface area contributed by atoms with E-state index in [-0.39, 0.29) is 5.75 Å². The third kappa shape index (κ3) is 2.99. The van der Waals surface area contributed by atoms with Crippen molar-refractivity contribution in [2.24, 2.45) is 0 Å². The van der Waals surface area contributed by atoms with Crippen LogP contribution >= 0.6 is 0 Å². The summed E-state index contributed by atoms with van der Waals surface area (Å²) in [7, 11) is 1.41. The summed E-state index contributed by atoms with van der Waals surface area (Å²) in [4.78, 5) is 4.23. The van der Waals surface area contributed by atoms with E-state index in [1.807, 2.05) is 6.07 Å². The van der Waals surface area contributed by atoms with Crippen LogP contribution in [0.2, 0.25) is 0 Å². The summed E-state index contributed by atoms with van der Waals surface area (Å²) in [5.74, 6) is 0.224. The first-order valence-corrected chi connectivity index (χ1v) is 5.61. The van der Waals surface area contributed by atoms with Gasteiger partial charge in [0.25, 0.3) is 0 Å². The van der Waals surface area contributed by atoms with Crippen LogP contribution in [0.5, 0.6) is 5.75 Å². The van der Waals surface area contributed by atoms with Crippen molar-refractivity contribution in [3.8, 4) is 11.8 Å². The Morgan fingerprint density at radius 2 is 2.11 bits per heavy atom. The van der Waals surface area contributed by atoms with Crippen LogP contribution in [0, 0.1) is 24.1 Å². The Hall–Kier alpha value is -2.61. The molecule has 0 spiro atoms. The van der Waals surface area contributed by atoms with Gasteiger partial charge in [-0.05, 0) is 31.2 Å². The predicted octanol–water partition coefficient (Wildman–Crippen LogP) is 3.15. The van der Waals surface area contributed by atoms with Gasteiger partial charge in [-0.15, -0.1) is 0 Å². The molecule has 1 N–H and O–H groups in total. The van der Waals surface area contributed by atoms with E-state index >= 15 is 0 Å². The number of aryl methyl sites for hydroxylation is 1. The smallest absolute Gasteiger partial charge is 0.167 e. The van der Waals surface area contributed by atoms with Crippen LogP contribution in [0.25, 0.3) is 0 Å². The van der Waals surface area contributed by atoms with Crippen molar-refractivity contribution in [2.75, 3.05) is 12.4 Å². The van der Waals surface area contributed by atoms with E-state index in [1.54, 1.807) is 25.1 Å². The minimum Gasteiger partial charge on any atom is -0.494 e. The van der Waals surface area contributed by atoms with E-state index in [1.165, 1.54) is 19.2 Å². The normalized spacial score (nSPS) is 9.79. The van der Waals surface area contributed by atoms with Gasteiger partial charge in [0.2, 0.25) is 0 Å². The van der Waals surface area contributed by atoms with Gasteiger partial charge in [-0.2, -0.15) is 5.26 Å². The Morgan fingerprint density at radius 1 is 1.32 bits per heavy atom. The Labute approximate surface area is 110 Å². The lowest BCUT2D eigenvalue weighted by atomic mass is 10.2. The Morgan fingerprint density at radius 3 is 2.74 bits per heavy atom. The number of rotatable bonds is 3. The molecule has 0 radical (unpaired) electrons. The largest absolute Gasteiger partial charge is 0.494 e. The Balaban J connectivity index is 2.29. The second-order valence-corrected chi connectivity index (χ2v) is 3.97. The van der Waals surface area contributed by atoms with Gasteiger partial charge < -0.3 is 10.1 Å². The molecule has 19 heavy (non-hydrogen) atoms. The fourth-order valence-electron chi connectivity index (χ4n) is 1.69. The van der Waals surface area contributed by atoms with Gasteiger partial charge in [0.05, 0.1) is 18.7 Å². The van der Waals surface area contributed by atoms with E-state index < -0.39 is 5.82 Å². The highest BCUT2D eigenvalue weighted by atomic mass is 19.1. The highest BCUT2D eigenvalue weighted by Crippen LogP contribution is 2.23. The van der Waals surface area contributed by atoms with Gasteiger partial charge in [0, 0.05) is 17.4 Å². The van der Waals surface area contributed by atoms with Crippen molar-refractivity contribution in [1.29, 1.82) is 5.26 Å². The average molecular weight is 257 g/mol. The van der Waals surface area contributed by atoms with Crippen LogP contribution in [0.15, 0.2) is 30.3 Å². The van der Waals surface area contributed by atoms with Gasteiger partial charge in [0.1, 0.15) is 5.82 Å². The zero-order valence-corrected chi connectivity index (χ0v) is 10.6. The van der Waals surface area contributed by atoms with Crippen LogP contribution in [-0.2, 0) is 0 Å². The molecule has 0 aliphatic rings. The quantitative estimate of drug-likeness (QED) is 0.917. The minimum atomic E-state index is -0.458. The molecular weight excluding hydrogens is 245 g/mol. The zero-order chi connectivity index (χ0) is 13.8. The highest BCUT2D eigenvalue weighted by molar-refractivity contribution is 5.59. The van der Waals surface area contributed by atoms with Crippen LogP contribution < -0.4 is 10.1 Å². The molecule has 0 aliphatic heterocycles. The maximum Gasteiger partial charge on any atom is 0.167 e. The molecule has 1 heterocycles. The number of benzene rings is 1. The second kappa shape index (κ2) is 5.36. The summed E-state index contributed by atoms with van der Waals surface area (Å²) in [5.41, 5.74) is 1.76. The average Bonchev–Trinajstić information content (AvgIpc) is 2.38. The van der Waals surface area contributed by atoms with Gasteiger partial charge in [0.15, 0.2) is 11.6 Å². The van der Waals surface area contributed by atoms with Gasteiger partial charge in [-0.1, -0.05) is 0 Å². The first-order chi connectivity index (χ1) is 9.12. The first kappa shape index (κ1) is 12.8. The summed E-state index contributed by atoms with van der Waals surface area (Å²) in [6, 6.07) is 9.86. The van der Waals surface area contributed by atoms with E-state index in [0.29, 0.717) is 17.1 Å². The number of pyridine rings is 1. The van der Waals surface area contributed by atoms with E-state index in [4.69, 9.17) is 10.00 Å². The third-order valence-electron chi connectivity index (χ3n) is 2.51. The number of nitrogens with one attached hydrogen (secondary N) is 1. The lowest BCUT2D eigenvalue weighted by Crippen LogP contribution is -1.97. The molecule has 0 unspecified atom stereocenters. The van der Waals surface area contributed by atoms with Crippen LogP contribution in [0.4, 0.5) is 15.9 Å². The molecule has 5 heteroatoms. The monoisotopic (exact) mass is 257 g/mol. The minimum absolute atomic E-state index is 0.181. The molecule has 0 atom stereocenters. The number of hydrogen-bond acceptors (Lipinski definition) is 4. The van der Waals surface area contributed by atoms with Crippen molar-refractivity contribution < 1.29 is 9.13 Å². The molecule has 2 aromatic rings. The Kier molecular flexibility index (Phi) is 3.62. The number of halogens is 1. The SMILES string of the molecule is COc1ccc(Nc2cc(C#N)cc(C)n2)cc1F. The lowest BCUT2D eigenvalue weighted by molar-refractivity contribution is 0.386. The van der Waals surface area contributed by atoms with Crippen molar-refractivity contribution in [2.45, 2.75) is 6.92 Å². The number of hydrogen-bond donors (Lipinski definition) is 1. The summed E-state index contributed by atoms with van der Waals surface area (Å²) >= 11 is 0. The summed E-state index contributed by atoms with van der Waals surface area (Å²) in [5, 5.41) is 11.8. The van der Waals surface area contributed by atoms with E-state index in [9.17, 15) is 4.39 Å². The molecule has 0 amide bonds. The fourth-order valence-corrected chi connectivity index (χ4v) is 1.69. The molecule has 1 aromatic carbocycles. The number of nitrogens with zero attached hydrogens (tertiary/aromatic N) is 2. The number of methoxy groups -OCH3 is 1. The summed E-state index contributed by atoms with van der Waals surface area (Å²) in [6.45, 7) is 1.79. The number of aromatic nitrogens is 1. The van der Waals surface area contributed by atoms with Crippen LogP contribution in [-0.4, -0.2) is 12.1 Å². The molecule has 1 aromatic heterocycles. The summed E-state index contributed by atoms with van der Waals surface area (Å²) in [6.07, 6.45) is 0. The number of anilines is 2. The maximum atomic E-state index is 13.5. The van der Waals surface area contributed by atoms with Crippen LogP contribution in [0.3, 0.4) is 0 Å². The second-order valence-electron chi connectivity index (χ2n) is 3.97. The van der Waals surface area contributed by atoms with Gasteiger partial charge >= 0.3 is 0 Å². The number of nitriles is 1. The van der Waals surface area contributed by atoms with Gasteiger partial charge in [-0.3, -0.25) is 0 Å². The van der Waals surface area contributed by atoms with E-state index in [0.717, 1.165) is 5.69 Å². The topological polar surface area (TPSA) is 57.9 Å². The van der Waals surface area contributed by atoms with Crippen molar-refractivity contribution in [1.82, 2.24) is 4.98 Å². The van der Waals surface area contributed by atoms with Crippen molar-refractivity contribution in [3.63, 3.8) is 0 Å². The molecule has 0 aliphatic carbocycles. The molecule has 2 rings (SSSR count). The first-order valence-electron chi connectivity index (χ1n) is 5.61. The lowest BCUT2D eigenvalue weighted by Gasteiger charge is -2.08. The summed E-state index contributed by atoms with van der Waals surface area (Å²) < 4.78 is 18.4. The molecule has 4 nitrogen and oxygen atoms in total. The maximum absolute atomic E-state index is 13.5. The number of ether oxygens (including phenoxy) is 1. The highest BCUT2D eigenvalue weighted by Gasteiger charge is 2.05. The van der Waals surface area contributed by atoms with Crippen molar-refractivity contribution in [3.05, 3.63) is 47.4 Å². The molecular formula is C14H12FN3O. The molecule has 0 bridgehead atoms.